The summed E-state index contributed by atoms with van der Waals surface area (Å²) in [6.45, 7) is 1.71. The molecule has 0 radical (unpaired) electrons. The Labute approximate surface area is 152 Å². The normalized spacial score (nSPS) is 10.9. The number of hydrogen-bond donors (Lipinski definition) is 1. The van der Waals surface area contributed by atoms with E-state index in [1.807, 2.05) is 0 Å². The lowest BCUT2D eigenvalue weighted by molar-refractivity contribution is 0.0599. The van der Waals surface area contributed by atoms with Gasteiger partial charge in [-0.15, -0.1) is 0 Å². The maximum atomic E-state index is 12.4. The topological polar surface area (TPSA) is 92.8 Å². The van der Waals surface area contributed by atoms with Crippen molar-refractivity contribution in [1.82, 2.24) is 0 Å². The zero-order valence-corrected chi connectivity index (χ0v) is 15.8. The SMILES string of the molecule is COC(=O)c1cccc(NC(=O)c2ccc(N(C)S(C)(=O)=O)cc2)c1C. The molecule has 0 atom stereocenters. The number of nitrogens with one attached hydrogen (secondary N) is 1. The van der Waals surface area contributed by atoms with Gasteiger partial charge in [-0.3, -0.25) is 9.10 Å². The summed E-state index contributed by atoms with van der Waals surface area (Å²) in [5, 5.41) is 2.75. The number of carbonyl (C=O) groups excluding carboxylic acids is 2. The number of hydrogen-bond acceptors (Lipinski definition) is 5. The Hall–Kier alpha value is -2.87. The minimum absolute atomic E-state index is 0.360. The summed E-state index contributed by atoms with van der Waals surface area (Å²) in [6.07, 6.45) is 1.10. The van der Waals surface area contributed by atoms with E-state index in [0.717, 1.165) is 10.6 Å². The summed E-state index contributed by atoms with van der Waals surface area (Å²) < 4.78 is 28.9. The molecule has 0 aromatic heterocycles. The second-order valence-electron chi connectivity index (χ2n) is 5.70. The zero-order chi connectivity index (χ0) is 19.5. The summed E-state index contributed by atoms with van der Waals surface area (Å²) in [5.74, 6) is -0.851. The van der Waals surface area contributed by atoms with Crippen LogP contribution in [0.3, 0.4) is 0 Å². The minimum atomic E-state index is -3.37. The fraction of sp³-hybridized carbons (Fsp3) is 0.222. The van der Waals surface area contributed by atoms with E-state index in [1.165, 1.54) is 26.3 Å². The minimum Gasteiger partial charge on any atom is -0.465 e. The predicted octanol–water partition coefficient (Wildman–Crippen LogP) is 2.43. The van der Waals surface area contributed by atoms with Gasteiger partial charge >= 0.3 is 5.97 Å². The first-order valence-corrected chi connectivity index (χ1v) is 9.53. The van der Waals surface area contributed by atoms with Gasteiger partial charge in [-0.05, 0) is 48.9 Å². The van der Waals surface area contributed by atoms with Crippen LogP contribution in [0.25, 0.3) is 0 Å². The van der Waals surface area contributed by atoms with Crippen LogP contribution in [-0.4, -0.2) is 40.7 Å². The number of anilines is 2. The van der Waals surface area contributed by atoms with Crippen molar-refractivity contribution in [3.05, 3.63) is 59.2 Å². The van der Waals surface area contributed by atoms with Crippen molar-refractivity contribution in [2.45, 2.75) is 6.92 Å². The van der Waals surface area contributed by atoms with Gasteiger partial charge in [0.15, 0.2) is 0 Å². The second kappa shape index (κ2) is 7.57. The molecule has 26 heavy (non-hydrogen) atoms. The van der Waals surface area contributed by atoms with Crippen LogP contribution in [0.4, 0.5) is 11.4 Å². The molecule has 0 saturated heterocycles. The molecule has 0 aliphatic rings. The number of benzene rings is 2. The monoisotopic (exact) mass is 376 g/mol. The van der Waals surface area contributed by atoms with Gasteiger partial charge in [0.05, 0.1) is 24.6 Å². The third-order valence-corrected chi connectivity index (χ3v) is 5.18. The van der Waals surface area contributed by atoms with Gasteiger partial charge in [0, 0.05) is 18.3 Å². The highest BCUT2D eigenvalue weighted by Crippen LogP contribution is 2.21. The molecule has 2 aromatic carbocycles. The van der Waals surface area contributed by atoms with Crippen molar-refractivity contribution >= 4 is 33.3 Å². The molecule has 0 heterocycles. The maximum Gasteiger partial charge on any atom is 0.338 e. The molecule has 0 saturated carbocycles. The number of ether oxygens (including phenoxy) is 1. The summed E-state index contributed by atoms with van der Waals surface area (Å²) >= 11 is 0. The van der Waals surface area contributed by atoms with Gasteiger partial charge < -0.3 is 10.1 Å². The van der Waals surface area contributed by atoms with E-state index in [9.17, 15) is 18.0 Å². The average molecular weight is 376 g/mol. The van der Waals surface area contributed by atoms with Crippen LogP contribution in [0, 0.1) is 6.92 Å². The van der Waals surface area contributed by atoms with Gasteiger partial charge in [-0.25, -0.2) is 13.2 Å². The number of esters is 1. The van der Waals surface area contributed by atoms with Crippen LogP contribution in [0.15, 0.2) is 42.5 Å². The molecule has 0 fully saturated rings. The molecule has 0 aliphatic heterocycles. The van der Waals surface area contributed by atoms with Crippen LogP contribution in [-0.2, 0) is 14.8 Å². The molecule has 0 aliphatic carbocycles. The molecule has 7 nitrogen and oxygen atoms in total. The molecular formula is C18H20N2O5S. The Kier molecular flexibility index (Phi) is 5.66. The fourth-order valence-electron chi connectivity index (χ4n) is 2.31. The van der Waals surface area contributed by atoms with Crippen molar-refractivity contribution in [3.63, 3.8) is 0 Å². The summed E-state index contributed by atoms with van der Waals surface area (Å²) in [6, 6.07) is 11.1. The van der Waals surface area contributed by atoms with Crippen molar-refractivity contribution in [2.75, 3.05) is 30.0 Å². The maximum absolute atomic E-state index is 12.4. The van der Waals surface area contributed by atoms with Gasteiger partial charge in [-0.2, -0.15) is 0 Å². The lowest BCUT2D eigenvalue weighted by Gasteiger charge is -2.17. The third kappa shape index (κ3) is 4.20. The lowest BCUT2D eigenvalue weighted by Crippen LogP contribution is -2.24. The van der Waals surface area contributed by atoms with E-state index in [4.69, 9.17) is 4.74 Å². The predicted molar refractivity (Wildman–Crippen MR) is 100 cm³/mol. The Morgan fingerprint density at radius 1 is 1.08 bits per heavy atom. The molecule has 1 amide bonds. The largest absolute Gasteiger partial charge is 0.465 e. The summed E-state index contributed by atoms with van der Waals surface area (Å²) in [4.78, 5) is 24.2. The van der Waals surface area contributed by atoms with E-state index in [2.05, 4.69) is 5.32 Å². The Balaban J connectivity index is 2.22. The quantitative estimate of drug-likeness (QED) is 0.809. The van der Waals surface area contributed by atoms with Crippen LogP contribution in [0.2, 0.25) is 0 Å². The number of carbonyl (C=O) groups is 2. The lowest BCUT2D eigenvalue weighted by atomic mass is 10.1. The first-order chi connectivity index (χ1) is 12.1. The number of rotatable bonds is 5. The van der Waals surface area contributed by atoms with E-state index >= 15 is 0 Å². The van der Waals surface area contributed by atoms with Crippen molar-refractivity contribution in [1.29, 1.82) is 0 Å². The third-order valence-electron chi connectivity index (χ3n) is 3.98. The highest BCUT2D eigenvalue weighted by atomic mass is 32.2. The van der Waals surface area contributed by atoms with Gasteiger partial charge in [0.2, 0.25) is 10.0 Å². The number of nitrogens with zero attached hydrogens (tertiary/aromatic N) is 1. The molecule has 1 N–H and O–H groups in total. The standard InChI is InChI=1S/C18H20N2O5S/c1-12-15(18(22)25-3)6-5-7-16(12)19-17(21)13-8-10-14(11-9-13)20(2)26(4,23)24/h5-11H,1-4H3,(H,19,21). The zero-order valence-electron chi connectivity index (χ0n) is 14.9. The van der Waals surface area contributed by atoms with Crippen LogP contribution in [0.1, 0.15) is 26.3 Å². The highest BCUT2D eigenvalue weighted by molar-refractivity contribution is 7.92. The van der Waals surface area contributed by atoms with E-state index in [0.29, 0.717) is 28.1 Å². The Morgan fingerprint density at radius 3 is 2.23 bits per heavy atom. The van der Waals surface area contributed by atoms with Crippen LogP contribution < -0.4 is 9.62 Å². The molecule has 2 aromatic rings. The van der Waals surface area contributed by atoms with Crippen molar-refractivity contribution in [3.8, 4) is 0 Å². The van der Waals surface area contributed by atoms with Crippen molar-refractivity contribution < 1.29 is 22.7 Å². The Bertz CT molecular complexity index is 937. The number of sulfonamides is 1. The highest BCUT2D eigenvalue weighted by Gasteiger charge is 2.15. The van der Waals surface area contributed by atoms with Gasteiger partial charge in [0.25, 0.3) is 5.91 Å². The summed E-state index contributed by atoms with van der Waals surface area (Å²) in [7, 11) is -0.639. The molecule has 0 bridgehead atoms. The molecule has 2 rings (SSSR count). The fourth-order valence-corrected chi connectivity index (χ4v) is 2.82. The molecular weight excluding hydrogens is 356 g/mol. The first kappa shape index (κ1) is 19.5. The van der Waals surface area contributed by atoms with E-state index in [1.54, 1.807) is 37.3 Å². The summed E-state index contributed by atoms with van der Waals surface area (Å²) in [5.41, 5.74) is 2.28. The van der Waals surface area contributed by atoms with Gasteiger partial charge in [0.1, 0.15) is 0 Å². The first-order valence-electron chi connectivity index (χ1n) is 7.68. The average Bonchev–Trinajstić information content (AvgIpc) is 2.61. The smallest absolute Gasteiger partial charge is 0.338 e. The van der Waals surface area contributed by atoms with E-state index in [-0.39, 0.29) is 5.91 Å². The Morgan fingerprint density at radius 2 is 1.69 bits per heavy atom. The molecule has 138 valence electrons. The molecule has 0 unspecified atom stereocenters. The van der Waals surface area contributed by atoms with Crippen LogP contribution >= 0.6 is 0 Å². The second-order valence-corrected chi connectivity index (χ2v) is 7.71. The molecule has 0 spiro atoms. The van der Waals surface area contributed by atoms with Gasteiger partial charge in [-0.1, -0.05) is 6.07 Å². The van der Waals surface area contributed by atoms with Crippen molar-refractivity contribution in [2.24, 2.45) is 0 Å². The van der Waals surface area contributed by atoms with Crippen LogP contribution in [0.5, 0.6) is 0 Å². The number of amides is 1. The number of methoxy groups -OCH3 is 1. The molecule has 8 heteroatoms. The van der Waals surface area contributed by atoms with E-state index < -0.39 is 16.0 Å².